The Labute approximate surface area is 161 Å². The van der Waals surface area contributed by atoms with Gasteiger partial charge in [0.05, 0.1) is 11.8 Å². The number of carbonyl (C=O) groups is 1. The lowest BCUT2D eigenvalue weighted by Crippen LogP contribution is -2.32. The number of hydrogen-bond acceptors (Lipinski definition) is 5. The zero-order valence-electron chi connectivity index (χ0n) is 15.9. The molecule has 150 valence electrons. The lowest BCUT2D eigenvalue weighted by molar-refractivity contribution is 0.0857. The second-order valence-corrected chi connectivity index (χ2v) is 8.85. The molecule has 1 aromatic carbocycles. The Balaban J connectivity index is 1.82. The van der Waals surface area contributed by atoms with Crippen LogP contribution in [0.25, 0.3) is 0 Å². The molecule has 2 aliphatic rings. The lowest BCUT2D eigenvalue weighted by atomic mass is 10.1. The van der Waals surface area contributed by atoms with Gasteiger partial charge in [-0.05, 0) is 50.3 Å². The van der Waals surface area contributed by atoms with Crippen molar-refractivity contribution < 1.29 is 17.9 Å². The molecule has 0 radical (unpaired) electrons. The molecule has 0 spiro atoms. The van der Waals surface area contributed by atoms with Crippen molar-refractivity contribution in [2.75, 3.05) is 37.7 Å². The maximum Gasteiger partial charge on any atom is 0.251 e. The van der Waals surface area contributed by atoms with Gasteiger partial charge in [0.15, 0.2) is 0 Å². The minimum Gasteiger partial charge on any atom is -0.376 e. The summed E-state index contributed by atoms with van der Waals surface area (Å²) in [6.07, 6.45) is 4.80. The van der Waals surface area contributed by atoms with Crippen LogP contribution in [-0.4, -0.2) is 53.2 Å². The van der Waals surface area contributed by atoms with Gasteiger partial charge in [-0.1, -0.05) is 6.92 Å². The highest BCUT2D eigenvalue weighted by molar-refractivity contribution is 7.89. The van der Waals surface area contributed by atoms with Crippen molar-refractivity contribution in [3.05, 3.63) is 23.8 Å². The average Bonchev–Trinajstić information content (AvgIpc) is 3.37. The molecule has 3 rings (SSSR count). The fourth-order valence-electron chi connectivity index (χ4n) is 3.52. The topological polar surface area (TPSA) is 87.7 Å². The second-order valence-electron chi connectivity index (χ2n) is 7.12. The number of nitrogens with zero attached hydrogens (tertiary/aromatic N) is 1. The molecule has 0 aliphatic carbocycles. The predicted molar refractivity (Wildman–Crippen MR) is 105 cm³/mol. The van der Waals surface area contributed by atoms with Gasteiger partial charge in [0, 0.05) is 38.3 Å². The summed E-state index contributed by atoms with van der Waals surface area (Å²) in [6.45, 7) is 5.14. The van der Waals surface area contributed by atoms with Crippen molar-refractivity contribution in [3.8, 4) is 0 Å². The number of amides is 1. The van der Waals surface area contributed by atoms with Crippen LogP contribution < -0.4 is 14.9 Å². The lowest BCUT2D eigenvalue weighted by Gasteiger charge is -2.22. The molecule has 2 saturated heterocycles. The van der Waals surface area contributed by atoms with E-state index in [1.807, 2.05) is 6.92 Å². The van der Waals surface area contributed by atoms with Gasteiger partial charge < -0.3 is 15.0 Å². The van der Waals surface area contributed by atoms with Crippen LogP contribution in [0.2, 0.25) is 0 Å². The van der Waals surface area contributed by atoms with Gasteiger partial charge in [-0.3, -0.25) is 4.79 Å². The van der Waals surface area contributed by atoms with E-state index in [0.29, 0.717) is 30.8 Å². The molecule has 2 aliphatic heterocycles. The van der Waals surface area contributed by atoms with Crippen molar-refractivity contribution in [3.63, 3.8) is 0 Å². The summed E-state index contributed by atoms with van der Waals surface area (Å²) >= 11 is 0. The largest absolute Gasteiger partial charge is 0.376 e. The minimum atomic E-state index is -3.67. The van der Waals surface area contributed by atoms with Crippen LogP contribution in [0.3, 0.4) is 0 Å². The molecule has 7 nitrogen and oxygen atoms in total. The first-order valence-corrected chi connectivity index (χ1v) is 11.3. The van der Waals surface area contributed by atoms with Gasteiger partial charge in [-0.15, -0.1) is 0 Å². The minimum absolute atomic E-state index is 0.0484. The zero-order valence-corrected chi connectivity index (χ0v) is 16.7. The van der Waals surface area contributed by atoms with Gasteiger partial charge in [-0.25, -0.2) is 13.1 Å². The van der Waals surface area contributed by atoms with Crippen LogP contribution in [-0.2, 0) is 14.8 Å². The first-order chi connectivity index (χ1) is 13.0. The number of carbonyl (C=O) groups excluding carboxylic acids is 1. The molecule has 0 bridgehead atoms. The van der Waals surface area contributed by atoms with E-state index < -0.39 is 10.0 Å². The Morgan fingerprint density at radius 1 is 1.26 bits per heavy atom. The molecule has 2 heterocycles. The van der Waals surface area contributed by atoms with Crippen molar-refractivity contribution >= 4 is 21.6 Å². The van der Waals surface area contributed by atoms with E-state index in [9.17, 15) is 13.2 Å². The standard InChI is InChI=1S/C19H29N3O4S/c1-2-9-21-27(24,25)18-13-15(7-8-17(18)22-10-3-4-11-22)19(23)20-14-16-6-5-12-26-16/h7-8,13,16,21H,2-6,9-12,14H2,1H3,(H,20,23)/t16-/m1/s1. The number of sulfonamides is 1. The molecule has 27 heavy (non-hydrogen) atoms. The Kier molecular flexibility index (Phi) is 6.73. The van der Waals surface area contributed by atoms with Gasteiger partial charge in [0.1, 0.15) is 4.90 Å². The molecule has 0 unspecified atom stereocenters. The maximum atomic E-state index is 12.8. The summed E-state index contributed by atoms with van der Waals surface area (Å²) in [5, 5.41) is 2.86. The molecular weight excluding hydrogens is 366 g/mol. The third-order valence-corrected chi connectivity index (χ3v) is 6.50. The van der Waals surface area contributed by atoms with E-state index >= 15 is 0 Å². The summed E-state index contributed by atoms with van der Waals surface area (Å²) in [4.78, 5) is 14.8. The fraction of sp³-hybridized carbons (Fsp3) is 0.632. The molecule has 2 N–H and O–H groups in total. The normalized spacial score (nSPS) is 20.2. The molecule has 8 heteroatoms. The van der Waals surface area contributed by atoms with E-state index in [4.69, 9.17) is 4.74 Å². The highest BCUT2D eigenvalue weighted by atomic mass is 32.2. The van der Waals surface area contributed by atoms with Gasteiger partial charge in [0.2, 0.25) is 10.0 Å². The fourth-order valence-corrected chi connectivity index (χ4v) is 4.90. The number of rotatable bonds is 8. The first-order valence-electron chi connectivity index (χ1n) is 9.79. The predicted octanol–water partition coefficient (Wildman–Crippen LogP) is 1.88. The monoisotopic (exact) mass is 395 g/mol. The zero-order chi connectivity index (χ0) is 19.3. The van der Waals surface area contributed by atoms with Gasteiger partial charge in [-0.2, -0.15) is 0 Å². The van der Waals surface area contributed by atoms with Crippen LogP contribution in [0.5, 0.6) is 0 Å². The number of hydrogen-bond donors (Lipinski definition) is 2. The average molecular weight is 396 g/mol. The van der Waals surface area contributed by atoms with E-state index in [0.717, 1.165) is 45.4 Å². The van der Waals surface area contributed by atoms with Crippen LogP contribution >= 0.6 is 0 Å². The highest BCUT2D eigenvalue weighted by Gasteiger charge is 2.25. The summed E-state index contributed by atoms with van der Waals surface area (Å²) in [6, 6.07) is 4.96. The van der Waals surface area contributed by atoms with Crippen LogP contribution in [0.1, 0.15) is 49.4 Å². The summed E-state index contributed by atoms with van der Waals surface area (Å²) < 4.78 is 33.8. The van der Waals surface area contributed by atoms with Gasteiger partial charge in [0.25, 0.3) is 5.91 Å². The smallest absolute Gasteiger partial charge is 0.251 e. The first kappa shape index (κ1) is 20.1. The Hall–Kier alpha value is -1.64. The Morgan fingerprint density at radius 2 is 2.04 bits per heavy atom. The Morgan fingerprint density at radius 3 is 2.70 bits per heavy atom. The number of benzene rings is 1. The van der Waals surface area contributed by atoms with E-state index in [1.165, 1.54) is 6.07 Å². The SMILES string of the molecule is CCCNS(=O)(=O)c1cc(C(=O)NC[C@H]2CCCO2)ccc1N1CCCC1. The van der Waals surface area contributed by atoms with Crippen LogP contribution in [0, 0.1) is 0 Å². The molecule has 1 atom stereocenters. The third kappa shape index (κ3) is 5.00. The van der Waals surface area contributed by atoms with E-state index in [1.54, 1.807) is 12.1 Å². The van der Waals surface area contributed by atoms with Crippen molar-refractivity contribution in [2.45, 2.75) is 50.0 Å². The Bertz CT molecular complexity index is 754. The molecule has 1 amide bonds. The van der Waals surface area contributed by atoms with Gasteiger partial charge >= 0.3 is 0 Å². The quantitative estimate of drug-likeness (QED) is 0.702. The molecule has 0 saturated carbocycles. The second kappa shape index (κ2) is 9.03. The number of anilines is 1. The van der Waals surface area contributed by atoms with E-state index in [2.05, 4.69) is 14.9 Å². The van der Waals surface area contributed by atoms with Crippen molar-refractivity contribution in [2.24, 2.45) is 0 Å². The summed E-state index contributed by atoms with van der Waals surface area (Å²) in [5.41, 5.74) is 1.03. The van der Waals surface area contributed by atoms with Crippen LogP contribution in [0.4, 0.5) is 5.69 Å². The third-order valence-electron chi connectivity index (χ3n) is 5.01. The number of ether oxygens (including phenoxy) is 1. The molecule has 0 aromatic heterocycles. The molecular formula is C19H29N3O4S. The van der Waals surface area contributed by atoms with E-state index in [-0.39, 0.29) is 16.9 Å². The van der Waals surface area contributed by atoms with Crippen LogP contribution in [0.15, 0.2) is 23.1 Å². The van der Waals surface area contributed by atoms with Crippen molar-refractivity contribution in [1.29, 1.82) is 0 Å². The molecule has 2 fully saturated rings. The maximum absolute atomic E-state index is 12.8. The summed E-state index contributed by atoms with van der Waals surface area (Å²) in [5.74, 6) is -0.273. The molecule has 1 aromatic rings. The number of nitrogens with one attached hydrogen (secondary N) is 2. The highest BCUT2D eigenvalue weighted by Crippen LogP contribution is 2.29. The van der Waals surface area contributed by atoms with Crippen molar-refractivity contribution in [1.82, 2.24) is 10.0 Å². The summed E-state index contributed by atoms with van der Waals surface area (Å²) in [7, 11) is -3.67.